The number of aliphatic hydroxyl groups is 1. The van der Waals surface area contributed by atoms with E-state index < -0.39 is 0 Å². The molecule has 2 N–H and O–H groups in total. The zero-order chi connectivity index (χ0) is 19.3. The molecule has 1 aromatic carbocycles. The maximum atomic E-state index is 12.8. The lowest BCUT2D eigenvalue weighted by Gasteiger charge is -2.29. The van der Waals surface area contributed by atoms with Crippen molar-refractivity contribution in [3.8, 4) is 0 Å². The highest BCUT2D eigenvalue weighted by Crippen LogP contribution is 2.54. The van der Waals surface area contributed by atoms with Crippen LogP contribution in [0.1, 0.15) is 29.6 Å². The van der Waals surface area contributed by atoms with Gasteiger partial charge in [0, 0.05) is 46.8 Å². The normalized spacial score (nSPS) is 30.8. The number of carbonyl (C=O) groups is 2. The molecule has 1 aromatic heterocycles. The van der Waals surface area contributed by atoms with E-state index in [0.29, 0.717) is 19.6 Å². The average Bonchev–Trinajstić information content (AvgIpc) is 3.44. The van der Waals surface area contributed by atoms with Gasteiger partial charge in [-0.2, -0.15) is 0 Å². The molecule has 3 aliphatic heterocycles. The summed E-state index contributed by atoms with van der Waals surface area (Å²) in [6.45, 7) is 1.73. The van der Waals surface area contributed by atoms with Crippen molar-refractivity contribution in [2.75, 3.05) is 26.2 Å². The number of rotatable bonds is 5. The summed E-state index contributed by atoms with van der Waals surface area (Å²) >= 11 is 1.58. The lowest BCUT2D eigenvalue weighted by Crippen LogP contribution is -2.41. The molecular formula is C21H24N2O4S. The Balaban J connectivity index is 1.28. The van der Waals surface area contributed by atoms with E-state index >= 15 is 0 Å². The Morgan fingerprint density at radius 1 is 1.36 bits per heavy atom. The van der Waals surface area contributed by atoms with Crippen molar-refractivity contribution < 1.29 is 19.4 Å². The number of fused-ring (bicyclic) bond motifs is 2. The highest BCUT2D eigenvalue weighted by Gasteiger charge is 2.63. The van der Waals surface area contributed by atoms with Gasteiger partial charge in [-0.05, 0) is 18.9 Å². The molecule has 1 spiro atoms. The number of amides is 2. The quantitative estimate of drug-likeness (QED) is 0.805. The van der Waals surface area contributed by atoms with Crippen LogP contribution < -0.4 is 5.32 Å². The molecule has 6 nitrogen and oxygen atoms in total. The Bertz CT molecular complexity index is 928. The second kappa shape index (κ2) is 6.83. The lowest BCUT2D eigenvalue weighted by atomic mass is 9.73. The first-order valence-electron chi connectivity index (χ1n) is 9.92. The summed E-state index contributed by atoms with van der Waals surface area (Å²) < 4.78 is 7.46. The van der Waals surface area contributed by atoms with E-state index in [1.54, 1.807) is 11.3 Å². The third-order valence-corrected chi connectivity index (χ3v) is 7.65. The largest absolute Gasteiger partial charge is 0.396 e. The number of thiophene rings is 1. The molecule has 4 heterocycles. The van der Waals surface area contributed by atoms with Crippen LogP contribution in [0.2, 0.25) is 0 Å². The van der Waals surface area contributed by atoms with Gasteiger partial charge < -0.3 is 20.1 Å². The van der Waals surface area contributed by atoms with Gasteiger partial charge in [0.15, 0.2) is 0 Å². The Labute approximate surface area is 167 Å². The fourth-order valence-corrected chi connectivity index (χ4v) is 6.31. The zero-order valence-electron chi connectivity index (χ0n) is 15.6. The summed E-state index contributed by atoms with van der Waals surface area (Å²) in [6.07, 6.45) is 2.30. The first kappa shape index (κ1) is 18.1. The highest BCUT2D eigenvalue weighted by molar-refractivity contribution is 7.17. The van der Waals surface area contributed by atoms with E-state index in [-0.39, 0.29) is 48.4 Å². The molecule has 0 saturated carbocycles. The third kappa shape index (κ3) is 2.76. The lowest BCUT2D eigenvalue weighted by molar-refractivity contribution is -0.132. The molecule has 3 fully saturated rings. The zero-order valence-corrected chi connectivity index (χ0v) is 16.4. The summed E-state index contributed by atoms with van der Waals surface area (Å²) in [5.41, 5.74) is 0.478. The van der Waals surface area contributed by atoms with Crippen molar-refractivity contribution in [3.05, 3.63) is 35.2 Å². The molecule has 3 saturated heterocycles. The molecule has 0 unspecified atom stereocenters. The topological polar surface area (TPSA) is 78.9 Å². The smallest absolute Gasteiger partial charge is 0.252 e. The van der Waals surface area contributed by atoms with Crippen molar-refractivity contribution in [3.63, 3.8) is 0 Å². The average molecular weight is 401 g/mol. The van der Waals surface area contributed by atoms with Gasteiger partial charge in [0.2, 0.25) is 5.91 Å². The van der Waals surface area contributed by atoms with Gasteiger partial charge >= 0.3 is 0 Å². The minimum absolute atomic E-state index is 0.00847. The van der Waals surface area contributed by atoms with Crippen LogP contribution >= 0.6 is 11.3 Å². The fourth-order valence-electron chi connectivity index (χ4n) is 5.37. The van der Waals surface area contributed by atoms with Crippen LogP contribution in [-0.4, -0.2) is 59.8 Å². The highest BCUT2D eigenvalue weighted by atomic mass is 32.1. The SMILES string of the molecule is O=C(NC[C@H]1[C@H]2CN(C(=O)CCO)C[C@]23CC[C@H]1O3)c1csc2ccccc12. The molecule has 5 rings (SSSR count). The summed E-state index contributed by atoms with van der Waals surface area (Å²) in [4.78, 5) is 26.9. The van der Waals surface area contributed by atoms with Crippen molar-refractivity contribution in [2.45, 2.75) is 31.0 Å². The number of likely N-dealkylation sites (tertiary alicyclic amines) is 1. The maximum Gasteiger partial charge on any atom is 0.252 e. The Kier molecular flexibility index (Phi) is 4.41. The van der Waals surface area contributed by atoms with Crippen molar-refractivity contribution in [1.29, 1.82) is 0 Å². The first-order chi connectivity index (χ1) is 13.6. The number of hydrogen-bond acceptors (Lipinski definition) is 5. The molecule has 0 aliphatic carbocycles. The number of benzene rings is 1. The summed E-state index contributed by atoms with van der Waals surface area (Å²) in [6, 6.07) is 7.95. The Hall–Kier alpha value is -1.96. The minimum atomic E-state index is -0.250. The van der Waals surface area contributed by atoms with E-state index in [1.165, 1.54) is 0 Å². The second-order valence-electron chi connectivity index (χ2n) is 8.13. The third-order valence-electron chi connectivity index (χ3n) is 6.69. The van der Waals surface area contributed by atoms with E-state index in [1.807, 2.05) is 34.5 Å². The number of nitrogens with zero attached hydrogens (tertiary/aromatic N) is 1. The minimum Gasteiger partial charge on any atom is -0.396 e. The van der Waals surface area contributed by atoms with E-state index in [4.69, 9.17) is 9.84 Å². The van der Waals surface area contributed by atoms with Gasteiger partial charge in [0.05, 0.1) is 30.4 Å². The van der Waals surface area contributed by atoms with Crippen LogP contribution in [-0.2, 0) is 9.53 Å². The number of nitrogens with one attached hydrogen (secondary N) is 1. The van der Waals surface area contributed by atoms with E-state index in [0.717, 1.165) is 28.5 Å². The molecule has 2 bridgehead atoms. The number of ether oxygens (including phenoxy) is 1. The second-order valence-corrected chi connectivity index (χ2v) is 9.04. The fraction of sp³-hybridized carbons (Fsp3) is 0.524. The van der Waals surface area contributed by atoms with Crippen LogP contribution in [0.4, 0.5) is 0 Å². The molecule has 2 aromatic rings. The van der Waals surface area contributed by atoms with Crippen LogP contribution in [0.5, 0.6) is 0 Å². The molecule has 4 atom stereocenters. The molecule has 28 heavy (non-hydrogen) atoms. The van der Waals surface area contributed by atoms with Crippen LogP contribution in [0.15, 0.2) is 29.6 Å². The standard InChI is InChI=1S/C21H24N2O4S/c24-8-6-19(25)23-10-16-14(17-5-7-21(16,12-23)27-17)9-22-20(26)15-11-28-18-4-2-1-3-13(15)18/h1-4,11,14,16-17,24H,5-10,12H2,(H,22,26)/t14-,16+,17+,21+/m0/s1. The van der Waals surface area contributed by atoms with Crippen LogP contribution in [0.25, 0.3) is 10.1 Å². The molecule has 7 heteroatoms. The Morgan fingerprint density at radius 3 is 3.07 bits per heavy atom. The van der Waals surface area contributed by atoms with Gasteiger partial charge in [-0.3, -0.25) is 9.59 Å². The molecule has 0 radical (unpaired) electrons. The van der Waals surface area contributed by atoms with Gasteiger partial charge in [0.25, 0.3) is 5.91 Å². The molecular weight excluding hydrogens is 376 g/mol. The van der Waals surface area contributed by atoms with Crippen LogP contribution in [0.3, 0.4) is 0 Å². The van der Waals surface area contributed by atoms with Crippen LogP contribution in [0, 0.1) is 11.8 Å². The molecule has 148 valence electrons. The van der Waals surface area contributed by atoms with Crippen molar-refractivity contribution in [2.24, 2.45) is 11.8 Å². The van der Waals surface area contributed by atoms with Gasteiger partial charge in [-0.1, -0.05) is 18.2 Å². The number of hydrogen-bond donors (Lipinski definition) is 2. The van der Waals surface area contributed by atoms with Crippen molar-refractivity contribution >= 4 is 33.2 Å². The summed E-state index contributed by atoms with van der Waals surface area (Å²) in [5, 5.41) is 15.1. The maximum absolute atomic E-state index is 12.8. The predicted octanol–water partition coefficient (Wildman–Crippen LogP) is 2.02. The summed E-state index contributed by atoms with van der Waals surface area (Å²) in [5.74, 6) is 0.439. The predicted molar refractivity (Wildman–Crippen MR) is 106 cm³/mol. The Morgan fingerprint density at radius 2 is 2.21 bits per heavy atom. The van der Waals surface area contributed by atoms with Crippen molar-refractivity contribution in [1.82, 2.24) is 10.2 Å². The number of carbonyl (C=O) groups excluding carboxylic acids is 2. The summed E-state index contributed by atoms with van der Waals surface area (Å²) in [7, 11) is 0. The first-order valence-corrected chi connectivity index (χ1v) is 10.8. The van der Waals surface area contributed by atoms with E-state index in [9.17, 15) is 9.59 Å². The molecule has 2 amide bonds. The van der Waals surface area contributed by atoms with Gasteiger partial charge in [-0.15, -0.1) is 11.3 Å². The van der Waals surface area contributed by atoms with E-state index in [2.05, 4.69) is 5.32 Å². The molecule has 3 aliphatic rings. The monoisotopic (exact) mass is 400 g/mol. The number of aliphatic hydroxyl groups excluding tert-OH is 1. The van der Waals surface area contributed by atoms with Gasteiger partial charge in [0.1, 0.15) is 0 Å². The van der Waals surface area contributed by atoms with Gasteiger partial charge in [-0.25, -0.2) is 0 Å².